The van der Waals surface area contributed by atoms with E-state index in [1.54, 1.807) is 0 Å². The number of rotatable bonds is 4. The number of ether oxygens (including phenoxy) is 1. The highest BCUT2D eigenvalue weighted by molar-refractivity contribution is 5.78. The lowest BCUT2D eigenvalue weighted by Crippen LogP contribution is -2.48. The van der Waals surface area contributed by atoms with Gasteiger partial charge in [0.25, 0.3) is 0 Å². The van der Waals surface area contributed by atoms with Gasteiger partial charge in [0.1, 0.15) is 0 Å². The van der Waals surface area contributed by atoms with Gasteiger partial charge in [0, 0.05) is 6.54 Å². The number of nitrogens with one attached hydrogen (secondary N) is 1. The highest BCUT2D eigenvalue weighted by atomic mass is 16.5. The summed E-state index contributed by atoms with van der Waals surface area (Å²) in [4.78, 5) is 12.4. The Balaban J connectivity index is 2.23. The first-order valence-corrected chi connectivity index (χ1v) is 7.10. The van der Waals surface area contributed by atoms with Crippen LogP contribution in [0.15, 0.2) is 24.3 Å². The second-order valence-electron chi connectivity index (χ2n) is 5.38. The second kappa shape index (κ2) is 6.20. The minimum Gasteiger partial charge on any atom is -0.466 e. The van der Waals surface area contributed by atoms with E-state index in [-0.39, 0.29) is 11.4 Å². The van der Waals surface area contributed by atoms with Gasteiger partial charge in [-0.2, -0.15) is 0 Å². The summed E-state index contributed by atoms with van der Waals surface area (Å²) in [5.41, 5.74) is 2.11. The van der Waals surface area contributed by atoms with Gasteiger partial charge in [0.15, 0.2) is 0 Å². The highest BCUT2D eigenvalue weighted by Crippen LogP contribution is 2.33. The molecule has 0 bridgehead atoms. The summed E-state index contributed by atoms with van der Waals surface area (Å²) >= 11 is 0. The van der Waals surface area contributed by atoms with Crippen LogP contribution in [0.1, 0.15) is 30.9 Å². The molecule has 0 amide bonds. The van der Waals surface area contributed by atoms with Gasteiger partial charge in [-0.3, -0.25) is 4.79 Å². The maximum absolute atomic E-state index is 12.4. The van der Waals surface area contributed by atoms with Crippen LogP contribution >= 0.6 is 0 Å². The zero-order valence-corrected chi connectivity index (χ0v) is 11.9. The standard InChI is InChI=1S/C16H23NO2/c1-3-19-15(18)16(9-6-10-17-12-16)11-14-8-5-4-7-13(14)2/h4-5,7-8,17H,3,6,9-12H2,1-2H3. The molecule has 1 unspecified atom stereocenters. The van der Waals surface area contributed by atoms with Crippen LogP contribution < -0.4 is 5.32 Å². The van der Waals surface area contributed by atoms with Gasteiger partial charge in [-0.1, -0.05) is 24.3 Å². The molecule has 1 aliphatic rings. The fourth-order valence-electron chi connectivity index (χ4n) is 2.82. The Hall–Kier alpha value is -1.35. The maximum Gasteiger partial charge on any atom is 0.313 e. The van der Waals surface area contributed by atoms with Crippen molar-refractivity contribution in [1.82, 2.24) is 5.32 Å². The molecule has 1 atom stereocenters. The highest BCUT2D eigenvalue weighted by Gasteiger charge is 2.41. The van der Waals surface area contributed by atoms with Gasteiger partial charge in [0.2, 0.25) is 0 Å². The molecule has 1 aromatic rings. The fourth-order valence-corrected chi connectivity index (χ4v) is 2.82. The number of carbonyl (C=O) groups is 1. The monoisotopic (exact) mass is 261 g/mol. The summed E-state index contributed by atoms with van der Waals surface area (Å²) in [7, 11) is 0. The summed E-state index contributed by atoms with van der Waals surface area (Å²) in [5.74, 6) is -0.0505. The second-order valence-corrected chi connectivity index (χ2v) is 5.38. The first-order valence-electron chi connectivity index (χ1n) is 7.10. The number of esters is 1. The summed E-state index contributed by atoms with van der Waals surface area (Å²) in [6.45, 7) is 6.14. The Bertz CT molecular complexity index is 436. The largest absolute Gasteiger partial charge is 0.466 e. The molecule has 3 nitrogen and oxygen atoms in total. The van der Waals surface area contributed by atoms with Crippen LogP contribution in [-0.2, 0) is 16.0 Å². The Kier molecular flexibility index (Phi) is 4.59. The van der Waals surface area contributed by atoms with Crippen LogP contribution in [-0.4, -0.2) is 25.7 Å². The van der Waals surface area contributed by atoms with Crippen molar-refractivity contribution in [3.8, 4) is 0 Å². The summed E-state index contributed by atoms with van der Waals surface area (Å²) in [6, 6.07) is 8.29. The van der Waals surface area contributed by atoms with Crippen LogP contribution in [0, 0.1) is 12.3 Å². The Morgan fingerprint density at radius 3 is 2.84 bits per heavy atom. The quantitative estimate of drug-likeness (QED) is 0.846. The molecule has 0 aliphatic carbocycles. The van der Waals surface area contributed by atoms with Crippen molar-refractivity contribution in [2.75, 3.05) is 19.7 Å². The Morgan fingerprint density at radius 1 is 1.42 bits per heavy atom. The van der Waals surface area contributed by atoms with Crippen LogP contribution in [0.2, 0.25) is 0 Å². The molecule has 3 heteroatoms. The SMILES string of the molecule is CCOC(=O)C1(Cc2ccccc2C)CCCNC1. The average Bonchev–Trinajstić information content (AvgIpc) is 2.43. The van der Waals surface area contributed by atoms with Crippen molar-refractivity contribution in [3.05, 3.63) is 35.4 Å². The summed E-state index contributed by atoms with van der Waals surface area (Å²) < 4.78 is 5.32. The lowest BCUT2D eigenvalue weighted by molar-refractivity contribution is -0.156. The minimum absolute atomic E-state index is 0.0505. The molecular weight excluding hydrogens is 238 g/mol. The summed E-state index contributed by atoms with van der Waals surface area (Å²) in [6.07, 6.45) is 2.71. The molecular formula is C16H23NO2. The molecule has 1 saturated heterocycles. The number of aryl methyl sites for hydroxylation is 1. The van der Waals surface area contributed by atoms with E-state index < -0.39 is 0 Å². The van der Waals surface area contributed by atoms with Gasteiger partial charge in [0.05, 0.1) is 12.0 Å². The molecule has 0 radical (unpaired) electrons. The van der Waals surface area contributed by atoms with Crippen molar-refractivity contribution < 1.29 is 9.53 Å². The zero-order chi connectivity index (χ0) is 13.7. The zero-order valence-electron chi connectivity index (χ0n) is 11.9. The molecule has 1 aromatic carbocycles. The molecule has 19 heavy (non-hydrogen) atoms. The van der Waals surface area contributed by atoms with Gasteiger partial charge in [-0.05, 0) is 50.8 Å². The fraction of sp³-hybridized carbons (Fsp3) is 0.562. The van der Waals surface area contributed by atoms with E-state index in [0.717, 1.165) is 32.4 Å². The smallest absolute Gasteiger partial charge is 0.313 e. The third kappa shape index (κ3) is 3.16. The van der Waals surface area contributed by atoms with Crippen LogP contribution in [0.4, 0.5) is 0 Å². The number of hydrogen-bond donors (Lipinski definition) is 1. The van der Waals surface area contributed by atoms with Gasteiger partial charge >= 0.3 is 5.97 Å². The number of carbonyl (C=O) groups excluding carboxylic acids is 1. The van der Waals surface area contributed by atoms with E-state index in [0.29, 0.717) is 6.61 Å². The van der Waals surface area contributed by atoms with Crippen molar-refractivity contribution in [2.45, 2.75) is 33.1 Å². The van der Waals surface area contributed by atoms with Crippen molar-refractivity contribution in [1.29, 1.82) is 0 Å². The molecule has 0 spiro atoms. The molecule has 1 N–H and O–H groups in total. The topological polar surface area (TPSA) is 38.3 Å². The molecule has 104 valence electrons. The lowest BCUT2D eigenvalue weighted by Gasteiger charge is -2.35. The molecule has 1 fully saturated rings. The first-order chi connectivity index (χ1) is 9.18. The number of piperidine rings is 1. The van der Waals surface area contributed by atoms with Crippen molar-refractivity contribution >= 4 is 5.97 Å². The third-order valence-electron chi connectivity index (χ3n) is 3.97. The molecule has 1 aliphatic heterocycles. The van der Waals surface area contributed by atoms with Gasteiger partial charge in [-0.25, -0.2) is 0 Å². The van der Waals surface area contributed by atoms with Crippen molar-refractivity contribution in [3.63, 3.8) is 0 Å². The van der Waals surface area contributed by atoms with Gasteiger partial charge < -0.3 is 10.1 Å². The number of hydrogen-bond acceptors (Lipinski definition) is 3. The Labute approximate surface area is 115 Å². The maximum atomic E-state index is 12.4. The van der Waals surface area contributed by atoms with E-state index in [9.17, 15) is 4.79 Å². The van der Waals surface area contributed by atoms with Gasteiger partial charge in [-0.15, -0.1) is 0 Å². The Morgan fingerprint density at radius 2 is 2.21 bits per heavy atom. The predicted molar refractivity (Wildman–Crippen MR) is 76.1 cm³/mol. The molecule has 1 heterocycles. The minimum atomic E-state index is -0.389. The lowest BCUT2D eigenvalue weighted by atomic mass is 9.75. The molecule has 0 saturated carbocycles. The van der Waals surface area contributed by atoms with E-state index >= 15 is 0 Å². The number of benzene rings is 1. The molecule has 0 aromatic heterocycles. The summed E-state index contributed by atoms with van der Waals surface area (Å²) in [5, 5.41) is 3.35. The van der Waals surface area contributed by atoms with E-state index in [1.807, 2.05) is 19.1 Å². The molecule has 2 rings (SSSR count). The van der Waals surface area contributed by atoms with E-state index in [2.05, 4.69) is 24.4 Å². The van der Waals surface area contributed by atoms with Crippen molar-refractivity contribution in [2.24, 2.45) is 5.41 Å². The van der Waals surface area contributed by atoms with Crippen LogP contribution in [0.25, 0.3) is 0 Å². The van der Waals surface area contributed by atoms with Crippen LogP contribution in [0.3, 0.4) is 0 Å². The van der Waals surface area contributed by atoms with E-state index in [1.165, 1.54) is 11.1 Å². The normalized spacial score (nSPS) is 23.1. The van der Waals surface area contributed by atoms with E-state index in [4.69, 9.17) is 4.74 Å². The van der Waals surface area contributed by atoms with Crippen LogP contribution in [0.5, 0.6) is 0 Å². The first kappa shape index (κ1) is 14.1. The predicted octanol–water partition coefficient (Wildman–Crippen LogP) is 2.47. The average molecular weight is 261 g/mol. The third-order valence-corrected chi connectivity index (χ3v) is 3.97.